The third-order valence-corrected chi connectivity index (χ3v) is 5.49. The molecule has 8 nitrogen and oxygen atoms in total. The Morgan fingerprint density at radius 1 is 0.750 bits per heavy atom. The van der Waals surface area contributed by atoms with E-state index in [0.717, 1.165) is 0 Å². The molecule has 0 atom stereocenters. The van der Waals surface area contributed by atoms with Crippen molar-refractivity contribution >= 4 is 23.0 Å². The smallest absolute Gasteiger partial charge is 0.168 e. The SMILES string of the molecule is CCO/N=C(\CC/C(=N\OCC)C1=C(O)CC(C)(C)CC1=O)C1=C(O)CC(C)(C)CC1=O. The molecule has 0 saturated heterocycles. The lowest BCUT2D eigenvalue weighted by molar-refractivity contribution is -0.118. The Hall–Kier alpha value is -2.64. The van der Waals surface area contributed by atoms with Gasteiger partial charge in [0.05, 0.1) is 22.6 Å². The lowest BCUT2D eigenvalue weighted by Gasteiger charge is -2.30. The number of oxime groups is 2. The number of ketones is 2. The average Bonchev–Trinajstić information content (AvgIpc) is 2.63. The van der Waals surface area contributed by atoms with Crippen LogP contribution in [0.3, 0.4) is 0 Å². The number of aliphatic hydroxyl groups is 2. The summed E-state index contributed by atoms with van der Waals surface area (Å²) in [6.45, 7) is 11.9. The number of nitrogens with zero attached hydrogens (tertiary/aromatic N) is 2. The molecule has 0 amide bonds. The van der Waals surface area contributed by atoms with Crippen molar-refractivity contribution in [1.82, 2.24) is 0 Å². The molecule has 2 aliphatic carbocycles. The van der Waals surface area contributed by atoms with Gasteiger partial charge < -0.3 is 19.9 Å². The first kappa shape index (κ1) is 25.6. The maximum Gasteiger partial charge on any atom is 0.168 e. The first-order valence-electron chi connectivity index (χ1n) is 11.2. The van der Waals surface area contributed by atoms with Crippen LogP contribution in [0.1, 0.15) is 80.1 Å². The van der Waals surface area contributed by atoms with Crippen molar-refractivity contribution in [3.05, 3.63) is 22.7 Å². The number of hydrogen-bond donors (Lipinski definition) is 2. The molecule has 0 spiro atoms. The zero-order chi connectivity index (χ0) is 24.1. The van der Waals surface area contributed by atoms with E-state index in [1.807, 2.05) is 27.7 Å². The van der Waals surface area contributed by atoms with Gasteiger partial charge in [-0.25, -0.2) is 0 Å². The Labute approximate surface area is 190 Å². The van der Waals surface area contributed by atoms with Crippen molar-refractivity contribution in [1.29, 1.82) is 0 Å². The van der Waals surface area contributed by atoms with Crippen molar-refractivity contribution < 1.29 is 29.5 Å². The van der Waals surface area contributed by atoms with Gasteiger partial charge in [-0.15, -0.1) is 0 Å². The molecule has 2 rings (SSSR count). The number of carbonyl (C=O) groups excluding carboxylic acids is 2. The van der Waals surface area contributed by atoms with E-state index in [0.29, 0.717) is 37.5 Å². The normalized spacial score (nSPS) is 21.8. The first-order valence-corrected chi connectivity index (χ1v) is 11.2. The third kappa shape index (κ3) is 6.43. The number of allylic oxidation sites excluding steroid dienone is 4. The van der Waals surface area contributed by atoms with Gasteiger partial charge in [-0.05, 0) is 37.5 Å². The van der Waals surface area contributed by atoms with Crippen LogP contribution in [-0.4, -0.2) is 46.4 Å². The van der Waals surface area contributed by atoms with Crippen LogP contribution in [0.4, 0.5) is 0 Å². The molecule has 0 aromatic rings. The number of hydrogen-bond acceptors (Lipinski definition) is 8. The second-order valence-electron chi connectivity index (χ2n) is 9.94. The Balaban J connectivity index is 2.37. The van der Waals surface area contributed by atoms with Crippen LogP contribution in [0.15, 0.2) is 33.0 Å². The quantitative estimate of drug-likeness (QED) is 0.380. The second-order valence-corrected chi connectivity index (χ2v) is 9.94. The minimum Gasteiger partial charge on any atom is -0.511 e. The highest BCUT2D eigenvalue weighted by molar-refractivity contribution is 6.26. The predicted molar refractivity (Wildman–Crippen MR) is 123 cm³/mol. The molecule has 0 aromatic carbocycles. The van der Waals surface area contributed by atoms with Crippen molar-refractivity contribution in [2.45, 2.75) is 80.1 Å². The molecule has 8 heteroatoms. The highest BCUT2D eigenvalue weighted by Crippen LogP contribution is 2.38. The van der Waals surface area contributed by atoms with Crippen molar-refractivity contribution in [3.63, 3.8) is 0 Å². The monoisotopic (exact) mass is 448 g/mol. The molecule has 0 aliphatic heterocycles. The predicted octanol–water partition coefficient (Wildman–Crippen LogP) is 4.95. The molecule has 178 valence electrons. The summed E-state index contributed by atoms with van der Waals surface area (Å²) in [7, 11) is 0. The highest BCUT2D eigenvalue weighted by Gasteiger charge is 2.37. The van der Waals surface area contributed by atoms with Gasteiger partial charge in [0, 0.05) is 25.7 Å². The molecule has 0 radical (unpaired) electrons. The lowest BCUT2D eigenvalue weighted by Crippen LogP contribution is -2.31. The van der Waals surface area contributed by atoms with E-state index in [-0.39, 0.29) is 70.7 Å². The van der Waals surface area contributed by atoms with Gasteiger partial charge in [0.15, 0.2) is 11.6 Å². The van der Waals surface area contributed by atoms with Gasteiger partial charge in [-0.1, -0.05) is 38.0 Å². The standard InChI is InChI=1S/C24H36N2O6/c1-7-31-25-15(21-17(27)11-23(3,4)12-18(21)28)9-10-16(26-32-8-2)22-19(29)13-24(5,6)14-20(22)30/h27,29H,7-14H2,1-6H3/b25-15+,26-16+. The minimum absolute atomic E-state index is 0.00875. The Kier molecular flexibility index (Phi) is 8.26. The topological polar surface area (TPSA) is 118 Å². The average molecular weight is 449 g/mol. The molecular formula is C24H36N2O6. The first-order chi connectivity index (χ1) is 14.9. The Morgan fingerprint density at radius 3 is 1.38 bits per heavy atom. The van der Waals surface area contributed by atoms with Gasteiger partial charge in [-0.3, -0.25) is 9.59 Å². The van der Waals surface area contributed by atoms with E-state index < -0.39 is 0 Å². The van der Waals surface area contributed by atoms with E-state index in [1.165, 1.54) is 0 Å². The Morgan fingerprint density at radius 2 is 1.09 bits per heavy atom. The van der Waals surface area contributed by atoms with Crippen LogP contribution in [-0.2, 0) is 19.3 Å². The molecule has 0 unspecified atom stereocenters. The summed E-state index contributed by atoms with van der Waals surface area (Å²) in [6.07, 6.45) is 1.67. The molecular weight excluding hydrogens is 412 g/mol. The van der Waals surface area contributed by atoms with E-state index >= 15 is 0 Å². The fraction of sp³-hybridized carbons (Fsp3) is 0.667. The fourth-order valence-corrected chi connectivity index (χ4v) is 4.19. The third-order valence-electron chi connectivity index (χ3n) is 5.49. The number of Topliss-reactive ketones (excluding diaryl/α,β-unsaturated/α-hetero) is 2. The van der Waals surface area contributed by atoms with E-state index in [4.69, 9.17) is 9.68 Å². The van der Waals surface area contributed by atoms with Crippen molar-refractivity contribution in [3.8, 4) is 0 Å². The molecule has 0 saturated carbocycles. The summed E-state index contributed by atoms with van der Waals surface area (Å²) in [4.78, 5) is 36.0. The van der Waals surface area contributed by atoms with E-state index in [2.05, 4.69) is 10.3 Å². The van der Waals surface area contributed by atoms with Gasteiger partial charge in [-0.2, -0.15) is 0 Å². The summed E-state index contributed by atoms with van der Waals surface area (Å²) in [5, 5.41) is 29.4. The molecule has 0 aromatic heterocycles. The van der Waals surface area contributed by atoms with E-state index in [1.54, 1.807) is 13.8 Å². The Bertz CT molecular complexity index is 805. The molecule has 0 heterocycles. The molecule has 32 heavy (non-hydrogen) atoms. The van der Waals surface area contributed by atoms with Crippen LogP contribution in [0.5, 0.6) is 0 Å². The van der Waals surface area contributed by atoms with Crippen LogP contribution in [0, 0.1) is 10.8 Å². The van der Waals surface area contributed by atoms with E-state index in [9.17, 15) is 19.8 Å². The second kappa shape index (κ2) is 10.3. The van der Waals surface area contributed by atoms with Gasteiger partial charge in [0.2, 0.25) is 0 Å². The zero-order valence-electron chi connectivity index (χ0n) is 20.1. The van der Waals surface area contributed by atoms with Crippen molar-refractivity contribution in [2.75, 3.05) is 13.2 Å². The molecule has 2 aliphatic rings. The fourth-order valence-electron chi connectivity index (χ4n) is 4.19. The number of aliphatic hydroxyl groups excluding tert-OH is 2. The maximum absolute atomic E-state index is 12.8. The summed E-state index contributed by atoms with van der Waals surface area (Å²) >= 11 is 0. The van der Waals surface area contributed by atoms with Crippen LogP contribution < -0.4 is 0 Å². The summed E-state index contributed by atoms with van der Waals surface area (Å²) < 4.78 is 0. The molecule has 0 fully saturated rings. The highest BCUT2D eigenvalue weighted by atomic mass is 16.6. The van der Waals surface area contributed by atoms with Gasteiger partial charge in [0.1, 0.15) is 24.7 Å². The van der Waals surface area contributed by atoms with Crippen LogP contribution >= 0.6 is 0 Å². The lowest BCUT2D eigenvalue weighted by atomic mass is 9.74. The largest absolute Gasteiger partial charge is 0.511 e. The number of rotatable bonds is 9. The van der Waals surface area contributed by atoms with Gasteiger partial charge in [0.25, 0.3) is 0 Å². The van der Waals surface area contributed by atoms with Crippen molar-refractivity contribution in [2.24, 2.45) is 21.1 Å². The zero-order valence-corrected chi connectivity index (χ0v) is 20.1. The number of carbonyl (C=O) groups is 2. The summed E-state index contributed by atoms with van der Waals surface area (Å²) in [5.74, 6) is -0.410. The molecule has 2 N–H and O–H groups in total. The van der Waals surface area contributed by atoms with Gasteiger partial charge >= 0.3 is 0 Å². The van der Waals surface area contributed by atoms with Crippen LogP contribution in [0.2, 0.25) is 0 Å². The minimum atomic E-state index is -0.332. The molecule has 0 bridgehead atoms. The summed E-state index contributed by atoms with van der Waals surface area (Å²) in [6, 6.07) is 0. The maximum atomic E-state index is 12.8. The van der Waals surface area contributed by atoms with Crippen LogP contribution in [0.25, 0.3) is 0 Å². The summed E-state index contributed by atoms with van der Waals surface area (Å²) in [5.41, 5.74) is 0.281.